The number of nitrogens with one attached hydrogen (secondary N) is 1. The highest BCUT2D eigenvalue weighted by Crippen LogP contribution is 2.37. The van der Waals surface area contributed by atoms with E-state index in [1.807, 2.05) is 45.0 Å². The lowest BCUT2D eigenvalue weighted by atomic mass is 9.99. The third kappa shape index (κ3) is 3.61. The molecule has 0 saturated heterocycles. The maximum absolute atomic E-state index is 14.8. The summed E-state index contributed by atoms with van der Waals surface area (Å²) >= 11 is 6.37. The Hall–Kier alpha value is -3.18. The molecule has 6 heteroatoms. The second-order valence-electron chi connectivity index (χ2n) is 8.90. The zero-order chi connectivity index (χ0) is 23.3. The summed E-state index contributed by atoms with van der Waals surface area (Å²) in [5.74, 6) is -0.497. The van der Waals surface area contributed by atoms with Crippen molar-refractivity contribution in [2.24, 2.45) is 0 Å². The van der Waals surface area contributed by atoms with Gasteiger partial charge in [-0.25, -0.2) is 8.91 Å². The average Bonchev–Trinajstić information content (AvgIpc) is 3.33. The molecule has 0 spiro atoms. The number of hydrogen-bond acceptors (Lipinski definition) is 2. The fourth-order valence-electron chi connectivity index (χ4n) is 4.98. The van der Waals surface area contributed by atoms with Crippen LogP contribution in [0.2, 0.25) is 5.02 Å². The van der Waals surface area contributed by atoms with E-state index in [1.165, 1.54) is 17.2 Å². The lowest BCUT2D eigenvalue weighted by Gasteiger charge is -2.18. The van der Waals surface area contributed by atoms with Crippen molar-refractivity contribution in [1.29, 1.82) is 0 Å². The molecule has 168 valence electrons. The SMILES string of the molecule is Cc1nn2c(C(C)C)c(C(=O)N[C@H]3CCc4ccccc43)ccc2c1-c1c(F)cccc1Cl. The Morgan fingerprint density at radius 3 is 2.67 bits per heavy atom. The number of carbonyl (C=O) groups excluding carboxylic acids is 1. The Bertz CT molecular complexity index is 1370. The van der Waals surface area contributed by atoms with Crippen LogP contribution in [0, 0.1) is 12.7 Å². The topological polar surface area (TPSA) is 46.4 Å². The Balaban J connectivity index is 1.60. The molecule has 0 aliphatic heterocycles. The number of aryl methyl sites for hydroxylation is 2. The second-order valence-corrected chi connectivity index (χ2v) is 9.31. The molecule has 1 N–H and O–H groups in total. The van der Waals surface area contributed by atoms with E-state index in [4.69, 9.17) is 16.7 Å². The summed E-state index contributed by atoms with van der Waals surface area (Å²) in [6.45, 7) is 5.90. The normalized spacial score (nSPS) is 15.3. The van der Waals surface area contributed by atoms with Gasteiger partial charge in [-0.05, 0) is 61.1 Å². The summed E-state index contributed by atoms with van der Waals surface area (Å²) in [6.07, 6.45) is 1.85. The summed E-state index contributed by atoms with van der Waals surface area (Å²) in [5.41, 5.74) is 6.21. The first-order valence-electron chi connectivity index (χ1n) is 11.2. The van der Waals surface area contributed by atoms with E-state index in [1.54, 1.807) is 16.6 Å². The fraction of sp³-hybridized carbons (Fsp3) is 0.259. The van der Waals surface area contributed by atoms with Gasteiger partial charge in [0.2, 0.25) is 0 Å². The number of amides is 1. The van der Waals surface area contributed by atoms with Gasteiger partial charge in [-0.2, -0.15) is 5.10 Å². The van der Waals surface area contributed by atoms with Crippen molar-refractivity contribution in [3.05, 3.63) is 93.5 Å². The molecule has 0 saturated carbocycles. The van der Waals surface area contributed by atoms with Gasteiger partial charge in [0.05, 0.1) is 33.5 Å². The molecule has 2 aromatic heterocycles. The van der Waals surface area contributed by atoms with Crippen molar-refractivity contribution in [2.45, 2.75) is 45.6 Å². The minimum Gasteiger partial charge on any atom is -0.345 e. The number of benzene rings is 2. The third-order valence-corrected chi connectivity index (χ3v) is 6.77. The van der Waals surface area contributed by atoms with Gasteiger partial charge in [-0.3, -0.25) is 4.79 Å². The molecule has 5 rings (SSSR count). The van der Waals surface area contributed by atoms with Crippen LogP contribution in [0.4, 0.5) is 4.39 Å². The van der Waals surface area contributed by atoms with Crippen LogP contribution in [0.15, 0.2) is 54.6 Å². The predicted molar refractivity (Wildman–Crippen MR) is 129 cm³/mol. The molecule has 1 atom stereocenters. The molecule has 1 aliphatic carbocycles. The van der Waals surface area contributed by atoms with Gasteiger partial charge < -0.3 is 5.32 Å². The van der Waals surface area contributed by atoms with E-state index < -0.39 is 5.82 Å². The highest BCUT2D eigenvalue weighted by molar-refractivity contribution is 6.33. The second kappa shape index (κ2) is 8.31. The van der Waals surface area contributed by atoms with E-state index in [0.29, 0.717) is 27.4 Å². The number of aromatic nitrogens is 2. The van der Waals surface area contributed by atoms with Gasteiger partial charge in [0, 0.05) is 11.1 Å². The van der Waals surface area contributed by atoms with Crippen LogP contribution < -0.4 is 5.32 Å². The fourth-order valence-corrected chi connectivity index (χ4v) is 5.24. The van der Waals surface area contributed by atoms with Crippen molar-refractivity contribution in [3.63, 3.8) is 0 Å². The van der Waals surface area contributed by atoms with Gasteiger partial charge in [0.15, 0.2) is 0 Å². The number of carbonyl (C=O) groups is 1. The summed E-state index contributed by atoms with van der Waals surface area (Å²) in [6, 6.07) is 16.6. The quantitative estimate of drug-likeness (QED) is 0.370. The van der Waals surface area contributed by atoms with Gasteiger partial charge in [0.1, 0.15) is 5.82 Å². The number of rotatable bonds is 4. The van der Waals surface area contributed by atoms with E-state index >= 15 is 0 Å². The minimum atomic E-state index is -0.395. The summed E-state index contributed by atoms with van der Waals surface area (Å²) in [4.78, 5) is 13.4. The maximum Gasteiger partial charge on any atom is 0.253 e. The molecule has 0 unspecified atom stereocenters. The smallest absolute Gasteiger partial charge is 0.253 e. The van der Waals surface area contributed by atoms with Crippen molar-refractivity contribution in [2.75, 3.05) is 0 Å². The molecule has 2 heterocycles. The van der Waals surface area contributed by atoms with Gasteiger partial charge in [0.25, 0.3) is 5.91 Å². The molecule has 4 nitrogen and oxygen atoms in total. The van der Waals surface area contributed by atoms with E-state index in [9.17, 15) is 9.18 Å². The van der Waals surface area contributed by atoms with Crippen molar-refractivity contribution in [3.8, 4) is 11.1 Å². The summed E-state index contributed by atoms with van der Waals surface area (Å²) in [7, 11) is 0. The van der Waals surface area contributed by atoms with Crippen LogP contribution in [0.25, 0.3) is 16.6 Å². The van der Waals surface area contributed by atoms with Crippen LogP contribution in [-0.2, 0) is 6.42 Å². The van der Waals surface area contributed by atoms with Crippen LogP contribution >= 0.6 is 11.6 Å². The lowest BCUT2D eigenvalue weighted by molar-refractivity contribution is 0.0934. The molecule has 0 radical (unpaired) electrons. The Labute approximate surface area is 197 Å². The first-order chi connectivity index (χ1) is 15.9. The molecular weight excluding hydrogens is 437 g/mol. The zero-order valence-electron chi connectivity index (χ0n) is 18.8. The largest absolute Gasteiger partial charge is 0.345 e. The van der Waals surface area contributed by atoms with Crippen LogP contribution in [0.1, 0.15) is 65.1 Å². The van der Waals surface area contributed by atoms with Crippen molar-refractivity contribution < 1.29 is 9.18 Å². The zero-order valence-corrected chi connectivity index (χ0v) is 19.6. The highest BCUT2D eigenvalue weighted by Gasteiger charge is 2.27. The highest BCUT2D eigenvalue weighted by atomic mass is 35.5. The van der Waals surface area contributed by atoms with Gasteiger partial charge in [-0.1, -0.05) is 55.8 Å². The van der Waals surface area contributed by atoms with E-state index in [0.717, 1.165) is 24.1 Å². The Morgan fingerprint density at radius 1 is 1.12 bits per heavy atom. The molecule has 0 fully saturated rings. The molecule has 1 aliphatic rings. The molecule has 33 heavy (non-hydrogen) atoms. The molecule has 4 aromatic rings. The molecule has 1 amide bonds. The number of fused-ring (bicyclic) bond motifs is 2. The third-order valence-electron chi connectivity index (χ3n) is 6.45. The predicted octanol–water partition coefficient (Wildman–Crippen LogP) is 6.64. The lowest BCUT2D eigenvalue weighted by Crippen LogP contribution is -2.29. The summed E-state index contributed by atoms with van der Waals surface area (Å²) < 4.78 is 16.5. The Kier molecular flexibility index (Phi) is 5.45. The van der Waals surface area contributed by atoms with Crippen molar-refractivity contribution >= 4 is 23.0 Å². The number of halogens is 2. The average molecular weight is 462 g/mol. The summed E-state index contributed by atoms with van der Waals surface area (Å²) in [5, 5.41) is 8.27. The first kappa shape index (κ1) is 21.7. The monoisotopic (exact) mass is 461 g/mol. The van der Waals surface area contributed by atoms with E-state index in [-0.39, 0.29) is 17.9 Å². The van der Waals surface area contributed by atoms with Crippen LogP contribution in [0.5, 0.6) is 0 Å². The van der Waals surface area contributed by atoms with Crippen LogP contribution in [0.3, 0.4) is 0 Å². The van der Waals surface area contributed by atoms with Crippen molar-refractivity contribution in [1.82, 2.24) is 14.9 Å². The standard InChI is InChI=1S/C27H25ClFN3O/c1-15(2)26-19(27(33)30-22-13-11-17-7-4-5-8-18(17)22)12-14-23-24(16(3)31-32(23)26)25-20(28)9-6-10-21(25)29/h4-10,12,14-15,22H,11,13H2,1-3H3,(H,30,33)/t22-/m0/s1. The van der Waals surface area contributed by atoms with Gasteiger partial charge >= 0.3 is 0 Å². The number of hydrogen-bond donors (Lipinski definition) is 1. The molecule has 2 aromatic carbocycles. The Morgan fingerprint density at radius 2 is 1.91 bits per heavy atom. The molecule has 0 bridgehead atoms. The van der Waals surface area contributed by atoms with Crippen LogP contribution in [-0.4, -0.2) is 15.5 Å². The first-order valence-corrected chi connectivity index (χ1v) is 11.6. The number of nitrogens with zero attached hydrogens (tertiary/aromatic N) is 2. The maximum atomic E-state index is 14.8. The minimum absolute atomic E-state index is 0.00320. The van der Waals surface area contributed by atoms with E-state index in [2.05, 4.69) is 17.4 Å². The molecular formula is C27H25ClFN3O. The van der Waals surface area contributed by atoms with Gasteiger partial charge in [-0.15, -0.1) is 0 Å². The number of pyridine rings is 1.